The van der Waals surface area contributed by atoms with Gasteiger partial charge in [0.15, 0.2) is 36.6 Å². The second kappa shape index (κ2) is 23.8. The number of carbonyl (C=O) groups is 7. The van der Waals surface area contributed by atoms with Gasteiger partial charge in [0.05, 0.1) is 36.0 Å². The molecule has 10 atom stereocenters. The maximum Gasteiger partial charge on any atom is 0.308 e. The number of ether oxygens (including phenoxy) is 12. The Morgan fingerprint density at radius 2 is 0.904 bits per heavy atom. The lowest BCUT2D eigenvalue weighted by Gasteiger charge is -2.45. The third-order valence-corrected chi connectivity index (χ3v) is 11.7. The van der Waals surface area contributed by atoms with Crippen molar-refractivity contribution in [2.75, 3.05) is 13.2 Å². The maximum absolute atomic E-state index is 13.3. The van der Waals surface area contributed by atoms with Crippen LogP contribution in [0.25, 0.3) is 0 Å². The van der Waals surface area contributed by atoms with E-state index in [4.69, 9.17) is 56.8 Å². The summed E-state index contributed by atoms with van der Waals surface area (Å²) in [5, 5.41) is 12.8. The van der Waals surface area contributed by atoms with Gasteiger partial charge in [0.25, 0.3) is 0 Å². The molecule has 3 aliphatic rings. The van der Waals surface area contributed by atoms with Crippen LogP contribution in [0.15, 0.2) is 84.9 Å². The lowest BCUT2D eigenvalue weighted by Crippen LogP contribution is -2.55. The first kappa shape index (κ1) is 53.3. The molecule has 0 amide bonds. The summed E-state index contributed by atoms with van der Waals surface area (Å²) in [6, 6.07) is 24.3. The standard InChI is InChI=1S/C53H56O20/c1-27(54)66-37-20-18-36(19-21-37)39-22-38(61)42-47(62-23-34-14-10-8-11-15-34)43(50-52(71-32(6)59)45(69-30(4)57)40(25-64-50)67-28(2)55)48(63-24-35-16-12-9-13-17-35)44(49(42)73-39)51-53(72-33(7)60)46(70-31(5)58)41(26-65-51)68-29(3)56/h8-21,38-41,45-46,50-53,61H,22-26H2,1-7H3/t38?,39?,40-,41-,45+,46-,50+,51-,52-,53+/m1/s1. The van der Waals surface area contributed by atoms with E-state index < -0.39 is 116 Å². The molecule has 0 radical (unpaired) electrons. The van der Waals surface area contributed by atoms with Gasteiger partial charge < -0.3 is 61.9 Å². The van der Waals surface area contributed by atoms with E-state index in [0.717, 1.165) is 41.5 Å². The highest BCUT2D eigenvalue weighted by Gasteiger charge is 2.55. The zero-order valence-electron chi connectivity index (χ0n) is 41.1. The van der Waals surface area contributed by atoms with Crippen molar-refractivity contribution in [2.24, 2.45) is 0 Å². The summed E-state index contributed by atoms with van der Waals surface area (Å²) >= 11 is 0. The van der Waals surface area contributed by atoms with Gasteiger partial charge in [-0.05, 0) is 28.8 Å². The summed E-state index contributed by atoms with van der Waals surface area (Å²) in [7, 11) is 0. The Morgan fingerprint density at radius 1 is 0.493 bits per heavy atom. The summed E-state index contributed by atoms with van der Waals surface area (Å²) < 4.78 is 74.0. The van der Waals surface area contributed by atoms with E-state index in [0.29, 0.717) is 16.7 Å². The topological polar surface area (TPSA) is 250 Å². The molecule has 0 aliphatic carbocycles. The van der Waals surface area contributed by atoms with Gasteiger partial charge in [-0.1, -0.05) is 72.8 Å². The van der Waals surface area contributed by atoms with Crippen LogP contribution in [0.2, 0.25) is 0 Å². The van der Waals surface area contributed by atoms with Crippen LogP contribution in [-0.4, -0.2) is 96.7 Å². The summed E-state index contributed by atoms with van der Waals surface area (Å²) in [6.07, 6.45) is -14.8. The van der Waals surface area contributed by atoms with Crippen LogP contribution < -0.4 is 18.9 Å². The van der Waals surface area contributed by atoms with Gasteiger partial charge in [-0.3, -0.25) is 33.6 Å². The molecule has 4 aromatic carbocycles. The predicted molar refractivity (Wildman–Crippen MR) is 249 cm³/mol. The van der Waals surface area contributed by atoms with E-state index in [1.807, 2.05) is 6.07 Å². The molecule has 2 unspecified atom stereocenters. The fourth-order valence-corrected chi connectivity index (χ4v) is 9.07. The number of hydrogen-bond acceptors (Lipinski definition) is 20. The summed E-state index contributed by atoms with van der Waals surface area (Å²) in [5.74, 6) is -5.66. The van der Waals surface area contributed by atoms with E-state index in [1.165, 1.54) is 6.92 Å². The highest BCUT2D eigenvalue weighted by atomic mass is 16.7. The quantitative estimate of drug-likeness (QED) is 0.0761. The van der Waals surface area contributed by atoms with Crippen LogP contribution >= 0.6 is 0 Å². The molecule has 0 saturated carbocycles. The van der Waals surface area contributed by atoms with Gasteiger partial charge >= 0.3 is 41.8 Å². The molecule has 3 heterocycles. The van der Waals surface area contributed by atoms with Crippen molar-refractivity contribution in [3.63, 3.8) is 0 Å². The van der Waals surface area contributed by atoms with Crippen molar-refractivity contribution < 1.29 is 95.5 Å². The first-order valence-electron chi connectivity index (χ1n) is 23.3. The molecule has 7 rings (SSSR count). The molecular formula is C53H56O20. The minimum absolute atomic E-state index is 0.0200. The molecule has 0 bridgehead atoms. The van der Waals surface area contributed by atoms with Crippen LogP contribution in [-0.2, 0) is 84.7 Å². The zero-order chi connectivity index (χ0) is 52.5. The molecule has 1 N–H and O–H groups in total. The Kier molecular flexibility index (Phi) is 17.3. The van der Waals surface area contributed by atoms with Crippen molar-refractivity contribution in [1.82, 2.24) is 0 Å². The maximum atomic E-state index is 13.3. The van der Waals surface area contributed by atoms with E-state index in [1.54, 1.807) is 78.9 Å². The van der Waals surface area contributed by atoms with Crippen LogP contribution in [0.5, 0.6) is 23.0 Å². The molecular weight excluding hydrogens is 957 g/mol. The summed E-state index contributed by atoms with van der Waals surface area (Å²) in [6.45, 7) is 6.68. The lowest BCUT2D eigenvalue weighted by atomic mass is 9.82. The monoisotopic (exact) mass is 1010 g/mol. The van der Waals surface area contributed by atoms with E-state index in [-0.39, 0.29) is 59.3 Å². The minimum atomic E-state index is -1.66. The first-order chi connectivity index (χ1) is 34.9. The van der Waals surface area contributed by atoms with Crippen molar-refractivity contribution in [3.8, 4) is 23.0 Å². The third kappa shape index (κ3) is 13.1. The van der Waals surface area contributed by atoms with Gasteiger partial charge in [0.1, 0.15) is 54.5 Å². The highest BCUT2D eigenvalue weighted by molar-refractivity contribution is 5.72. The number of fused-ring (bicyclic) bond motifs is 1. The Bertz CT molecular complexity index is 2650. The normalized spacial score (nSPS) is 24.2. The molecule has 20 heteroatoms. The number of carbonyl (C=O) groups excluding carboxylic acids is 7. The first-order valence-corrected chi connectivity index (χ1v) is 23.3. The Labute approximate surface area is 419 Å². The second-order valence-corrected chi connectivity index (χ2v) is 17.4. The largest absolute Gasteiger partial charge is 0.488 e. The van der Waals surface area contributed by atoms with E-state index in [9.17, 15) is 38.7 Å². The molecule has 4 aromatic rings. The molecule has 388 valence electrons. The van der Waals surface area contributed by atoms with Gasteiger partial charge in [-0.15, -0.1) is 0 Å². The SMILES string of the molecule is CC(=O)Oc1ccc(C2CC(O)c3c(c([C@H]4OC[C@@H](OC(C)=O)[C@@H](OC(C)=O)[C@@H]4OC(C)=O)c(OCc4ccccc4)c([C@@H]4OC[C@@H](OC(C)=O)[C@H](OC(C)=O)[C@H]4OC(C)=O)c3OCc3ccccc3)O2)cc1. The average molecular weight is 1010 g/mol. The molecule has 20 nitrogen and oxygen atoms in total. The Balaban J connectivity index is 1.59. The number of benzene rings is 4. The smallest absolute Gasteiger partial charge is 0.308 e. The molecule has 2 saturated heterocycles. The number of rotatable bonds is 16. The van der Waals surface area contributed by atoms with Gasteiger partial charge in [-0.2, -0.15) is 0 Å². The fourth-order valence-electron chi connectivity index (χ4n) is 9.07. The van der Waals surface area contributed by atoms with Gasteiger partial charge in [0.2, 0.25) is 0 Å². The summed E-state index contributed by atoms with van der Waals surface area (Å²) in [4.78, 5) is 89.2. The van der Waals surface area contributed by atoms with Crippen LogP contribution in [0.1, 0.15) is 113 Å². The van der Waals surface area contributed by atoms with Crippen molar-refractivity contribution >= 4 is 41.8 Å². The van der Waals surface area contributed by atoms with E-state index in [2.05, 4.69) is 0 Å². The molecule has 2 fully saturated rings. The lowest BCUT2D eigenvalue weighted by molar-refractivity contribution is -0.228. The molecule has 3 aliphatic heterocycles. The number of hydrogen-bond donors (Lipinski definition) is 1. The van der Waals surface area contributed by atoms with Crippen molar-refractivity contribution in [2.45, 2.75) is 129 Å². The number of aliphatic hydroxyl groups is 1. The van der Waals surface area contributed by atoms with Gasteiger partial charge in [0, 0.05) is 54.9 Å². The second-order valence-electron chi connectivity index (χ2n) is 17.4. The van der Waals surface area contributed by atoms with Crippen LogP contribution in [0, 0.1) is 0 Å². The van der Waals surface area contributed by atoms with Crippen molar-refractivity contribution in [3.05, 3.63) is 118 Å². The fraction of sp³-hybridized carbons (Fsp3) is 0.415. The minimum Gasteiger partial charge on any atom is -0.488 e. The van der Waals surface area contributed by atoms with Crippen LogP contribution in [0.3, 0.4) is 0 Å². The van der Waals surface area contributed by atoms with E-state index >= 15 is 0 Å². The molecule has 0 spiro atoms. The Hall–Kier alpha value is -7.55. The Morgan fingerprint density at radius 3 is 1.33 bits per heavy atom. The molecule has 73 heavy (non-hydrogen) atoms. The van der Waals surface area contributed by atoms with Crippen molar-refractivity contribution in [1.29, 1.82) is 0 Å². The number of esters is 7. The average Bonchev–Trinajstić information content (AvgIpc) is 3.32. The zero-order valence-corrected chi connectivity index (χ0v) is 41.1. The third-order valence-electron chi connectivity index (χ3n) is 11.7. The predicted octanol–water partition coefficient (Wildman–Crippen LogP) is 6.06. The summed E-state index contributed by atoms with van der Waals surface area (Å²) in [5.41, 5.74) is 1.64. The molecule has 0 aromatic heterocycles. The van der Waals surface area contributed by atoms with Crippen LogP contribution in [0.4, 0.5) is 0 Å². The highest BCUT2D eigenvalue weighted by Crippen LogP contribution is 2.59. The number of aliphatic hydroxyl groups excluding tert-OH is 1. The van der Waals surface area contributed by atoms with Gasteiger partial charge in [-0.25, -0.2) is 0 Å².